The van der Waals surface area contributed by atoms with Gasteiger partial charge in [-0.1, -0.05) is 60.5 Å². The molecule has 3 rings (SSSR count). The van der Waals surface area contributed by atoms with E-state index < -0.39 is 0 Å². The van der Waals surface area contributed by atoms with Crippen molar-refractivity contribution in [2.75, 3.05) is 20.6 Å². The number of benzene rings is 2. The van der Waals surface area contributed by atoms with Crippen molar-refractivity contribution in [3.63, 3.8) is 0 Å². The van der Waals surface area contributed by atoms with Crippen LogP contribution < -0.4 is 0 Å². The lowest BCUT2D eigenvalue weighted by Gasteiger charge is -2.22. The molecule has 0 saturated carbocycles. The van der Waals surface area contributed by atoms with Gasteiger partial charge >= 0.3 is 0 Å². The Labute approximate surface area is 158 Å². The van der Waals surface area contributed by atoms with Crippen molar-refractivity contribution in [3.05, 3.63) is 68.5 Å². The molecule has 2 atom stereocenters. The molecule has 0 aromatic heterocycles. The molecule has 2 nitrogen and oxygen atoms in total. The first-order valence-electron chi connectivity index (χ1n) is 7.85. The lowest BCUT2D eigenvalue weighted by atomic mass is 10.1. The van der Waals surface area contributed by atoms with Gasteiger partial charge in [-0.2, -0.15) is 0 Å². The number of thioether (sulfide) groups is 1. The average molecular weight is 384 g/mol. The quantitative estimate of drug-likeness (QED) is 0.603. The van der Waals surface area contributed by atoms with Gasteiger partial charge in [0.2, 0.25) is 0 Å². The van der Waals surface area contributed by atoms with E-state index in [0.29, 0.717) is 15.8 Å². The van der Waals surface area contributed by atoms with Crippen molar-refractivity contribution in [1.29, 1.82) is 0 Å². The minimum Gasteiger partial charge on any atom is -0.382 e. The molecule has 1 aromatic rings. The van der Waals surface area contributed by atoms with Crippen molar-refractivity contribution in [3.8, 4) is 0 Å². The maximum absolute atomic E-state index is 10.0. The molecule has 5 heteroatoms. The van der Waals surface area contributed by atoms with Crippen LogP contribution in [0.1, 0.15) is 12.5 Å². The van der Waals surface area contributed by atoms with Gasteiger partial charge in [0, 0.05) is 28.3 Å². The molecule has 2 unspecified atom stereocenters. The van der Waals surface area contributed by atoms with Gasteiger partial charge in [-0.15, -0.1) is 11.8 Å². The molecule has 0 heterocycles. The van der Waals surface area contributed by atoms with E-state index in [1.54, 1.807) is 6.07 Å². The third-order valence-corrected chi connectivity index (χ3v) is 5.65. The van der Waals surface area contributed by atoms with Gasteiger partial charge in [-0.25, -0.2) is 0 Å². The Balaban J connectivity index is 0.000000282. The van der Waals surface area contributed by atoms with Crippen molar-refractivity contribution in [2.24, 2.45) is 5.92 Å². The monoisotopic (exact) mass is 383 g/mol. The highest BCUT2D eigenvalue weighted by Gasteiger charge is 2.16. The van der Waals surface area contributed by atoms with Gasteiger partial charge in [-0.05, 0) is 42.2 Å². The normalized spacial score (nSPS) is 14.0. The highest BCUT2D eigenvalue weighted by atomic mass is 35.5. The predicted octanol–water partition coefficient (Wildman–Crippen LogP) is 5.03. The van der Waals surface area contributed by atoms with Crippen molar-refractivity contribution >= 4 is 35.0 Å². The Bertz CT molecular complexity index is 716. The minimum absolute atomic E-state index is 0.219. The fraction of sp³-hybridized carbons (Fsp3) is 0.368. The molecular weight excluding hydrogens is 361 g/mol. The van der Waals surface area contributed by atoms with Crippen LogP contribution >= 0.6 is 35.0 Å². The maximum atomic E-state index is 10.0. The smallest absolute Gasteiger partial charge is 0.103 e. The molecule has 0 amide bonds. The molecular formula is C19H23Cl2NOS. The van der Waals surface area contributed by atoms with E-state index in [-0.39, 0.29) is 11.4 Å². The van der Waals surface area contributed by atoms with Gasteiger partial charge in [0.25, 0.3) is 0 Å². The average Bonchev–Trinajstić information content (AvgIpc) is 2.49. The number of nitrogens with zero attached hydrogens (tertiary/aromatic N) is 1. The summed E-state index contributed by atoms with van der Waals surface area (Å²) in [6.45, 7) is 2.91. The molecule has 1 N–H and O–H groups in total. The van der Waals surface area contributed by atoms with E-state index >= 15 is 0 Å². The van der Waals surface area contributed by atoms with E-state index in [1.165, 1.54) is 22.2 Å². The molecule has 130 valence electrons. The SMILES string of the molecule is CC(CN(C)C)C(O)SCc1ccc(Cl)cc1Cl.c1cc2ccc1=2. The Kier molecular flexibility index (Phi) is 7.45. The predicted molar refractivity (Wildman–Crippen MR) is 106 cm³/mol. The van der Waals surface area contributed by atoms with Crippen LogP contribution in [0.3, 0.4) is 0 Å². The molecule has 0 radical (unpaired) electrons. The summed E-state index contributed by atoms with van der Waals surface area (Å²) in [6, 6.07) is 13.9. The zero-order valence-corrected chi connectivity index (χ0v) is 16.5. The second-order valence-corrected chi connectivity index (χ2v) is 8.20. The van der Waals surface area contributed by atoms with Crippen LogP contribution in [0, 0.1) is 16.4 Å². The van der Waals surface area contributed by atoms with Crippen LogP contribution in [0.15, 0.2) is 42.5 Å². The summed E-state index contributed by atoms with van der Waals surface area (Å²) in [5.74, 6) is 0.908. The van der Waals surface area contributed by atoms with E-state index in [9.17, 15) is 5.11 Å². The summed E-state index contributed by atoms with van der Waals surface area (Å²) < 4.78 is 0. The van der Waals surface area contributed by atoms with Crippen molar-refractivity contribution < 1.29 is 5.11 Å². The summed E-state index contributed by atoms with van der Waals surface area (Å²) in [7, 11) is 4.01. The standard InChI is InChI=1S/C13H19Cl2NOS.C6H4/c1-9(7-16(2)3)13(17)18-8-10-4-5-11(14)6-12(10)15;1-2-6-4-3-5(1)6/h4-6,9,13,17H,7-8H2,1-3H3;1-4H. The third kappa shape index (κ3) is 5.68. The first-order chi connectivity index (χ1) is 11.4. The van der Waals surface area contributed by atoms with E-state index in [0.717, 1.165) is 12.1 Å². The summed E-state index contributed by atoms with van der Waals surface area (Å²) >= 11 is 13.4. The lowest BCUT2D eigenvalue weighted by Crippen LogP contribution is -2.27. The number of hydrogen-bond acceptors (Lipinski definition) is 3. The number of hydrogen-bond donors (Lipinski definition) is 1. The molecule has 2 aliphatic rings. The first-order valence-corrected chi connectivity index (χ1v) is 9.66. The molecule has 0 spiro atoms. The Morgan fingerprint density at radius 2 is 1.62 bits per heavy atom. The van der Waals surface area contributed by atoms with Crippen molar-refractivity contribution in [1.82, 2.24) is 4.90 Å². The fourth-order valence-corrected chi connectivity index (χ4v) is 3.88. The van der Waals surface area contributed by atoms with Crippen LogP contribution in [0.5, 0.6) is 0 Å². The summed E-state index contributed by atoms with van der Waals surface area (Å²) in [5.41, 5.74) is 0.612. The Morgan fingerprint density at radius 1 is 1.04 bits per heavy atom. The largest absolute Gasteiger partial charge is 0.382 e. The van der Waals surface area contributed by atoms with Gasteiger partial charge in [0.05, 0.1) is 0 Å². The minimum atomic E-state index is -0.390. The van der Waals surface area contributed by atoms with Crippen LogP contribution in [-0.2, 0) is 5.75 Å². The Morgan fingerprint density at radius 3 is 2.04 bits per heavy atom. The summed E-state index contributed by atoms with van der Waals surface area (Å²) in [6.07, 6.45) is 0. The van der Waals surface area contributed by atoms with Gasteiger partial charge in [-0.3, -0.25) is 0 Å². The molecule has 1 aromatic carbocycles. The van der Waals surface area contributed by atoms with Gasteiger partial charge < -0.3 is 10.0 Å². The highest BCUT2D eigenvalue weighted by molar-refractivity contribution is 7.98. The fourth-order valence-electron chi connectivity index (χ4n) is 2.31. The highest BCUT2D eigenvalue weighted by Crippen LogP contribution is 2.28. The van der Waals surface area contributed by atoms with Gasteiger partial charge in [0.1, 0.15) is 5.44 Å². The molecule has 0 bridgehead atoms. The van der Waals surface area contributed by atoms with E-state index in [1.807, 2.05) is 33.2 Å². The maximum Gasteiger partial charge on any atom is 0.103 e. The third-order valence-electron chi connectivity index (χ3n) is 3.78. The Hall–Kier alpha value is -0.710. The van der Waals surface area contributed by atoms with Crippen LogP contribution in [0.2, 0.25) is 10.0 Å². The second kappa shape index (κ2) is 9.12. The van der Waals surface area contributed by atoms with E-state index in [4.69, 9.17) is 23.2 Å². The van der Waals surface area contributed by atoms with E-state index in [2.05, 4.69) is 29.2 Å². The topological polar surface area (TPSA) is 23.5 Å². The molecule has 2 aliphatic carbocycles. The molecule has 0 fully saturated rings. The van der Waals surface area contributed by atoms with Crippen LogP contribution in [-0.4, -0.2) is 36.1 Å². The number of aliphatic hydroxyl groups excluding tert-OH is 1. The summed E-state index contributed by atoms with van der Waals surface area (Å²) in [4.78, 5) is 2.07. The first kappa shape index (κ1) is 19.6. The molecule has 24 heavy (non-hydrogen) atoms. The van der Waals surface area contributed by atoms with Crippen LogP contribution in [0.4, 0.5) is 0 Å². The lowest BCUT2D eigenvalue weighted by molar-refractivity contribution is 0.174. The number of rotatable bonds is 6. The zero-order valence-electron chi connectivity index (χ0n) is 14.2. The van der Waals surface area contributed by atoms with Crippen LogP contribution in [0.25, 0.3) is 0 Å². The molecule has 0 aliphatic heterocycles. The second-order valence-electron chi connectivity index (χ2n) is 6.25. The van der Waals surface area contributed by atoms with Gasteiger partial charge in [0.15, 0.2) is 0 Å². The number of aliphatic hydroxyl groups is 1. The molecule has 0 saturated heterocycles. The summed E-state index contributed by atoms with van der Waals surface area (Å²) in [5, 5.41) is 14.2. The zero-order chi connectivity index (χ0) is 17.7. The number of halogens is 2. The van der Waals surface area contributed by atoms with Crippen molar-refractivity contribution in [2.45, 2.75) is 18.1 Å².